The van der Waals surface area contributed by atoms with Crippen molar-refractivity contribution in [2.24, 2.45) is 0 Å². The molecule has 2 aliphatic rings. The van der Waals surface area contributed by atoms with Crippen LogP contribution in [0.5, 0.6) is 5.88 Å². The molecule has 1 aromatic heterocycles. The number of nitrogens with one attached hydrogen (secondary N) is 2. The van der Waals surface area contributed by atoms with Crippen LogP contribution in [0.2, 0.25) is 0 Å². The molecule has 1 fully saturated rings. The molecule has 1 aromatic rings. The molecule has 2 N–H and O–H groups in total. The summed E-state index contributed by atoms with van der Waals surface area (Å²) < 4.78 is 5.94. The van der Waals surface area contributed by atoms with Crippen LogP contribution in [0, 0.1) is 0 Å². The van der Waals surface area contributed by atoms with Gasteiger partial charge in [-0.05, 0) is 44.2 Å². The van der Waals surface area contributed by atoms with Crippen LogP contribution in [0.1, 0.15) is 43.7 Å². The van der Waals surface area contributed by atoms with Gasteiger partial charge in [-0.25, -0.2) is 0 Å². The van der Waals surface area contributed by atoms with Crippen molar-refractivity contribution in [1.29, 1.82) is 0 Å². The first-order valence-electron chi connectivity index (χ1n) is 6.67. The minimum Gasteiger partial charge on any atom is -0.476 e. The van der Waals surface area contributed by atoms with Crippen molar-refractivity contribution in [3.63, 3.8) is 0 Å². The van der Waals surface area contributed by atoms with E-state index in [2.05, 4.69) is 34.7 Å². The third-order valence-corrected chi connectivity index (χ3v) is 3.64. The maximum Gasteiger partial charge on any atom is 0.191 e. The quantitative estimate of drug-likeness (QED) is 0.786. The lowest BCUT2D eigenvalue weighted by atomic mass is 10.1. The summed E-state index contributed by atoms with van der Waals surface area (Å²) >= 11 is 0. The van der Waals surface area contributed by atoms with Gasteiger partial charge in [0.25, 0.3) is 0 Å². The smallest absolute Gasteiger partial charge is 0.191 e. The van der Waals surface area contributed by atoms with Crippen molar-refractivity contribution in [2.45, 2.75) is 44.2 Å². The average molecular weight is 232 g/mol. The van der Waals surface area contributed by atoms with E-state index in [0.717, 1.165) is 18.8 Å². The summed E-state index contributed by atoms with van der Waals surface area (Å²) in [6.45, 7) is 1.06. The van der Waals surface area contributed by atoms with Crippen LogP contribution in [0.15, 0.2) is 24.4 Å². The number of hydrogen-bond donors (Lipinski definition) is 2. The summed E-state index contributed by atoms with van der Waals surface area (Å²) in [6.07, 6.45) is 13.1. The Kier molecular flexibility index (Phi) is 3.18. The number of ether oxygens (including phenoxy) is 1. The Morgan fingerprint density at radius 3 is 2.88 bits per heavy atom. The Morgan fingerprint density at radius 1 is 1.24 bits per heavy atom. The lowest BCUT2D eigenvalue weighted by Crippen LogP contribution is -2.22. The molecule has 1 aliphatic carbocycles. The van der Waals surface area contributed by atoms with Crippen molar-refractivity contribution >= 4 is 0 Å². The van der Waals surface area contributed by atoms with E-state index >= 15 is 0 Å². The van der Waals surface area contributed by atoms with E-state index in [-0.39, 0.29) is 0 Å². The van der Waals surface area contributed by atoms with Gasteiger partial charge in [0.15, 0.2) is 5.88 Å². The molecule has 0 aromatic carbocycles. The second kappa shape index (κ2) is 4.96. The Hall–Kier alpha value is -1.22. The molecule has 1 aliphatic heterocycles. The Morgan fingerprint density at radius 2 is 2.12 bits per heavy atom. The standard InChI is InChI=1S/C14H20N2O/c1-2-6-12(5-1)17-14-9-11(10-16-14)13-7-3-4-8-15-13/h3,7,9-10,12-13,15-16H,1-2,4-6,8H2. The van der Waals surface area contributed by atoms with Gasteiger partial charge < -0.3 is 15.0 Å². The summed E-state index contributed by atoms with van der Waals surface area (Å²) in [7, 11) is 0. The van der Waals surface area contributed by atoms with Gasteiger partial charge in [-0.15, -0.1) is 0 Å². The molecule has 0 saturated heterocycles. The van der Waals surface area contributed by atoms with Crippen molar-refractivity contribution in [1.82, 2.24) is 10.3 Å². The molecular formula is C14H20N2O. The van der Waals surface area contributed by atoms with Gasteiger partial charge in [0.05, 0.1) is 6.04 Å². The van der Waals surface area contributed by atoms with Crippen molar-refractivity contribution in [3.8, 4) is 5.88 Å². The van der Waals surface area contributed by atoms with Crippen molar-refractivity contribution in [2.75, 3.05) is 6.54 Å². The zero-order valence-electron chi connectivity index (χ0n) is 10.1. The first-order chi connectivity index (χ1) is 8.42. The molecule has 1 saturated carbocycles. The zero-order valence-corrected chi connectivity index (χ0v) is 10.1. The van der Waals surface area contributed by atoms with E-state index in [0.29, 0.717) is 12.1 Å². The van der Waals surface area contributed by atoms with Gasteiger partial charge in [0, 0.05) is 12.3 Å². The molecule has 0 bridgehead atoms. The summed E-state index contributed by atoms with van der Waals surface area (Å²) in [6, 6.07) is 2.48. The number of aromatic nitrogens is 1. The lowest BCUT2D eigenvalue weighted by molar-refractivity contribution is 0.202. The van der Waals surface area contributed by atoms with Gasteiger partial charge in [0.1, 0.15) is 6.10 Å². The van der Waals surface area contributed by atoms with Crippen LogP contribution < -0.4 is 10.1 Å². The fourth-order valence-electron chi connectivity index (χ4n) is 2.67. The number of aromatic amines is 1. The fourth-order valence-corrected chi connectivity index (χ4v) is 2.67. The highest BCUT2D eigenvalue weighted by Gasteiger charge is 2.18. The molecule has 92 valence electrons. The first kappa shape index (κ1) is 10.9. The highest BCUT2D eigenvalue weighted by Crippen LogP contribution is 2.26. The Labute approximate surface area is 102 Å². The van der Waals surface area contributed by atoms with Gasteiger partial charge in [0.2, 0.25) is 0 Å². The Bertz CT molecular complexity index is 391. The van der Waals surface area contributed by atoms with Crippen LogP contribution in [-0.4, -0.2) is 17.6 Å². The molecule has 0 spiro atoms. The van der Waals surface area contributed by atoms with E-state index in [9.17, 15) is 0 Å². The van der Waals surface area contributed by atoms with Crippen LogP contribution >= 0.6 is 0 Å². The van der Waals surface area contributed by atoms with E-state index in [1.807, 2.05) is 0 Å². The predicted molar refractivity (Wildman–Crippen MR) is 68.2 cm³/mol. The van der Waals surface area contributed by atoms with Crippen LogP contribution in [0.3, 0.4) is 0 Å². The van der Waals surface area contributed by atoms with E-state index < -0.39 is 0 Å². The lowest BCUT2D eigenvalue weighted by Gasteiger charge is -2.16. The molecular weight excluding hydrogens is 212 g/mol. The third-order valence-electron chi connectivity index (χ3n) is 3.64. The minimum atomic E-state index is 0.348. The maximum absolute atomic E-state index is 5.94. The Balaban J connectivity index is 1.64. The summed E-state index contributed by atoms with van der Waals surface area (Å²) in [5.74, 6) is 0.924. The molecule has 0 amide bonds. The topological polar surface area (TPSA) is 37.0 Å². The first-order valence-corrected chi connectivity index (χ1v) is 6.67. The van der Waals surface area contributed by atoms with Gasteiger partial charge in [-0.2, -0.15) is 0 Å². The molecule has 3 heteroatoms. The summed E-state index contributed by atoms with van der Waals surface area (Å²) in [5.41, 5.74) is 1.27. The van der Waals surface area contributed by atoms with Gasteiger partial charge in [-0.1, -0.05) is 12.2 Å². The van der Waals surface area contributed by atoms with Crippen LogP contribution in [0.4, 0.5) is 0 Å². The van der Waals surface area contributed by atoms with Crippen molar-refractivity contribution in [3.05, 3.63) is 30.0 Å². The molecule has 0 radical (unpaired) electrons. The van der Waals surface area contributed by atoms with Crippen LogP contribution in [0.25, 0.3) is 0 Å². The van der Waals surface area contributed by atoms with E-state index in [1.54, 1.807) is 0 Å². The maximum atomic E-state index is 5.94. The summed E-state index contributed by atoms with van der Waals surface area (Å²) in [4.78, 5) is 3.23. The highest BCUT2D eigenvalue weighted by atomic mass is 16.5. The molecule has 2 heterocycles. The second-order valence-electron chi connectivity index (χ2n) is 4.97. The van der Waals surface area contributed by atoms with E-state index in [1.165, 1.54) is 31.2 Å². The molecule has 3 nitrogen and oxygen atoms in total. The SMILES string of the molecule is C1=CC(c2c[nH]c(OC3CCCC3)c2)NCC1. The zero-order chi connectivity index (χ0) is 11.5. The van der Waals surface area contributed by atoms with Crippen molar-refractivity contribution < 1.29 is 4.74 Å². The molecule has 1 atom stereocenters. The van der Waals surface area contributed by atoms with E-state index in [4.69, 9.17) is 4.74 Å². The predicted octanol–water partition coefficient (Wildman–Crippen LogP) is 2.93. The highest BCUT2D eigenvalue weighted by molar-refractivity contribution is 5.28. The third kappa shape index (κ3) is 2.55. The monoisotopic (exact) mass is 232 g/mol. The summed E-state index contributed by atoms with van der Waals surface area (Å²) in [5, 5.41) is 3.48. The van der Waals surface area contributed by atoms with Gasteiger partial charge in [-0.3, -0.25) is 0 Å². The van der Waals surface area contributed by atoms with Crippen LogP contribution in [-0.2, 0) is 0 Å². The molecule has 1 unspecified atom stereocenters. The average Bonchev–Trinajstić information content (AvgIpc) is 3.02. The number of hydrogen-bond acceptors (Lipinski definition) is 2. The van der Waals surface area contributed by atoms with Gasteiger partial charge >= 0.3 is 0 Å². The minimum absolute atomic E-state index is 0.348. The normalized spacial score (nSPS) is 25.3. The number of rotatable bonds is 3. The fraction of sp³-hybridized carbons (Fsp3) is 0.571. The second-order valence-corrected chi connectivity index (χ2v) is 4.97. The number of H-pyrrole nitrogens is 1. The molecule has 3 rings (SSSR count). The molecule has 17 heavy (non-hydrogen) atoms. The largest absolute Gasteiger partial charge is 0.476 e.